The van der Waals surface area contributed by atoms with Gasteiger partial charge in [-0.1, -0.05) is 48.5 Å². The second kappa shape index (κ2) is 9.26. The minimum atomic E-state index is -0.235. The number of carbonyl (C=O) groups excluding carboxylic acids is 1. The summed E-state index contributed by atoms with van der Waals surface area (Å²) < 4.78 is 0. The summed E-state index contributed by atoms with van der Waals surface area (Å²) in [6.07, 6.45) is 0. The summed E-state index contributed by atoms with van der Waals surface area (Å²) >= 11 is 0. The van der Waals surface area contributed by atoms with E-state index in [1.165, 1.54) is 11.3 Å². The zero-order valence-corrected chi connectivity index (χ0v) is 16.4. The van der Waals surface area contributed by atoms with Crippen LogP contribution in [0.3, 0.4) is 0 Å². The first-order chi connectivity index (χ1) is 14.3. The van der Waals surface area contributed by atoms with Crippen LogP contribution in [0.4, 0.5) is 21.9 Å². The van der Waals surface area contributed by atoms with Crippen molar-refractivity contribution < 1.29 is 4.79 Å². The summed E-state index contributed by atoms with van der Waals surface area (Å²) in [5.74, 6) is 0. The van der Waals surface area contributed by atoms with Gasteiger partial charge in [-0.2, -0.15) is 0 Å². The molecule has 0 spiro atoms. The second-order valence-electron chi connectivity index (χ2n) is 7.24. The molecule has 0 atom stereocenters. The third-order valence-corrected chi connectivity index (χ3v) is 5.14. The molecule has 1 aliphatic heterocycles. The molecule has 0 aromatic heterocycles. The molecular weight excluding hydrogens is 360 g/mol. The van der Waals surface area contributed by atoms with E-state index in [1.807, 2.05) is 42.5 Å². The monoisotopic (exact) mass is 386 g/mol. The minimum Gasteiger partial charge on any atom is -0.369 e. The van der Waals surface area contributed by atoms with E-state index in [0.717, 1.165) is 44.1 Å². The van der Waals surface area contributed by atoms with Crippen LogP contribution in [0.1, 0.15) is 5.56 Å². The Balaban J connectivity index is 1.25. The minimum absolute atomic E-state index is 0.235. The van der Waals surface area contributed by atoms with Gasteiger partial charge in [0, 0.05) is 49.8 Å². The van der Waals surface area contributed by atoms with Crippen molar-refractivity contribution in [2.24, 2.45) is 0 Å². The summed E-state index contributed by atoms with van der Waals surface area (Å²) in [5, 5.41) is 5.70. The summed E-state index contributed by atoms with van der Waals surface area (Å²) in [7, 11) is 0. The van der Waals surface area contributed by atoms with Crippen molar-refractivity contribution in [2.75, 3.05) is 41.7 Å². The Morgan fingerprint density at radius 1 is 0.690 bits per heavy atom. The van der Waals surface area contributed by atoms with Crippen molar-refractivity contribution in [3.63, 3.8) is 0 Å². The highest BCUT2D eigenvalue weighted by Crippen LogP contribution is 2.18. The van der Waals surface area contributed by atoms with Crippen LogP contribution in [0.15, 0.2) is 84.9 Å². The van der Waals surface area contributed by atoms with Crippen LogP contribution < -0.4 is 15.5 Å². The normalized spacial score (nSPS) is 14.4. The highest BCUT2D eigenvalue weighted by atomic mass is 16.2. The van der Waals surface area contributed by atoms with E-state index in [4.69, 9.17) is 0 Å². The van der Waals surface area contributed by atoms with Crippen molar-refractivity contribution in [3.8, 4) is 0 Å². The van der Waals surface area contributed by atoms with Gasteiger partial charge in [0.05, 0.1) is 0 Å². The van der Waals surface area contributed by atoms with Gasteiger partial charge in [0.1, 0.15) is 0 Å². The van der Waals surface area contributed by atoms with Crippen LogP contribution in [-0.2, 0) is 6.54 Å². The molecule has 5 heteroatoms. The quantitative estimate of drug-likeness (QED) is 0.671. The first-order valence-electron chi connectivity index (χ1n) is 10.0. The Kier molecular flexibility index (Phi) is 6.07. The van der Waals surface area contributed by atoms with Crippen molar-refractivity contribution in [1.82, 2.24) is 4.90 Å². The first kappa shape index (κ1) is 19.0. The SMILES string of the molecule is O=C(Nc1ccccc1)Nc1ccc(CN2CCN(c3ccccc3)CC2)cc1. The van der Waals surface area contributed by atoms with E-state index in [9.17, 15) is 4.79 Å². The van der Waals surface area contributed by atoms with Gasteiger partial charge in [-0.3, -0.25) is 4.90 Å². The second-order valence-corrected chi connectivity index (χ2v) is 7.24. The maximum absolute atomic E-state index is 12.1. The molecule has 1 heterocycles. The smallest absolute Gasteiger partial charge is 0.323 e. The predicted octanol–water partition coefficient (Wildman–Crippen LogP) is 4.65. The maximum Gasteiger partial charge on any atom is 0.323 e. The lowest BCUT2D eigenvalue weighted by molar-refractivity contribution is 0.250. The molecule has 0 bridgehead atoms. The Morgan fingerprint density at radius 2 is 1.24 bits per heavy atom. The average Bonchev–Trinajstić information content (AvgIpc) is 2.77. The molecule has 1 saturated heterocycles. The number of nitrogens with one attached hydrogen (secondary N) is 2. The summed E-state index contributed by atoms with van der Waals surface area (Å²) in [6, 6.07) is 27.9. The topological polar surface area (TPSA) is 47.6 Å². The third-order valence-electron chi connectivity index (χ3n) is 5.14. The summed E-state index contributed by atoms with van der Waals surface area (Å²) in [6.45, 7) is 5.12. The fourth-order valence-electron chi connectivity index (χ4n) is 3.57. The molecule has 5 nitrogen and oxygen atoms in total. The lowest BCUT2D eigenvalue weighted by Crippen LogP contribution is -2.45. The van der Waals surface area contributed by atoms with Gasteiger partial charge in [0.2, 0.25) is 0 Å². The molecule has 1 aliphatic rings. The van der Waals surface area contributed by atoms with Crippen LogP contribution in [-0.4, -0.2) is 37.1 Å². The molecular formula is C24H26N4O. The Hall–Kier alpha value is -3.31. The molecule has 29 heavy (non-hydrogen) atoms. The van der Waals surface area contributed by atoms with E-state index in [1.54, 1.807) is 0 Å². The number of nitrogens with zero attached hydrogens (tertiary/aromatic N) is 2. The molecule has 2 amide bonds. The summed E-state index contributed by atoms with van der Waals surface area (Å²) in [5.41, 5.74) is 4.12. The van der Waals surface area contributed by atoms with E-state index in [2.05, 4.69) is 62.9 Å². The standard InChI is InChI=1S/C24H26N4O/c29-24(25-21-7-3-1-4-8-21)26-22-13-11-20(12-14-22)19-27-15-17-28(18-16-27)23-9-5-2-6-10-23/h1-14H,15-19H2,(H2,25,26,29). The van der Waals surface area contributed by atoms with Crippen LogP contribution in [0.25, 0.3) is 0 Å². The molecule has 148 valence electrons. The van der Waals surface area contributed by atoms with E-state index in [0.29, 0.717) is 0 Å². The number of anilines is 3. The van der Waals surface area contributed by atoms with Crippen molar-refractivity contribution in [2.45, 2.75) is 6.54 Å². The molecule has 3 aromatic rings. The first-order valence-corrected chi connectivity index (χ1v) is 10.0. The van der Waals surface area contributed by atoms with Gasteiger partial charge in [0.15, 0.2) is 0 Å². The highest BCUT2D eigenvalue weighted by molar-refractivity contribution is 5.99. The molecule has 0 saturated carbocycles. The molecule has 1 fully saturated rings. The van der Waals surface area contributed by atoms with Crippen LogP contribution >= 0.6 is 0 Å². The zero-order valence-electron chi connectivity index (χ0n) is 16.4. The number of hydrogen-bond donors (Lipinski definition) is 2. The molecule has 0 unspecified atom stereocenters. The fourth-order valence-corrected chi connectivity index (χ4v) is 3.57. The highest BCUT2D eigenvalue weighted by Gasteiger charge is 2.17. The lowest BCUT2D eigenvalue weighted by Gasteiger charge is -2.36. The average molecular weight is 386 g/mol. The summed E-state index contributed by atoms with van der Waals surface area (Å²) in [4.78, 5) is 17.0. The third kappa shape index (κ3) is 5.36. The number of rotatable bonds is 5. The van der Waals surface area contributed by atoms with Crippen LogP contribution in [0.5, 0.6) is 0 Å². The molecule has 0 aliphatic carbocycles. The number of amides is 2. The van der Waals surface area contributed by atoms with Crippen LogP contribution in [0, 0.1) is 0 Å². The number of hydrogen-bond acceptors (Lipinski definition) is 3. The van der Waals surface area contributed by atoms with Gasteiger partial charge >= 0.3 is 6.03 Å². The number of urea groups is 1. The molecule has 3 aromatic carbocycles. The largest absolute Gasteiger partial charge is 0.369 e. The van der Waals surface area contributed by atoms with Gasteiger partial charge < -0.3 is 15.5 Å². The van der Waals surface area contributed by atoms with Crippen molar-refractivity contribution in [3.05, 3.63) is 90.5 Å². The lowest BCUT2D eigenvalue weighted by atomic mass is 10.1. The fraction of sp³-hybridized carbons (Fsp3) is 0.208. The van der Waals surface area contributed by atoms with Gasteiger partial charge in [-0.25, -0.2) is 4.79 Å². The predicted molar refractivity (Wildman–Crippen MR) is 119 cm³/mol. The number of piperazine rings is 1. The Morgan fingerprint density at radius 3 is 1.86 bits per heavy atom. The molecule has 0 radical (unpaired) electrons. The van der Waals surface area contributed by atoms with E-state index in [-0.39, 0.29) is 6.03 Å². The van der Waals surface area contributed by atoms with E-state index < -0.39 is 0 Å². The number of para-hydroxylation sites is 2. The van der Waals surface area contributed by atoms with Crippen LogP contribution in [0.2, 0.25) is 0 Å². The van der Waals surface area contributed by atoms with Gasteiger partial charge in [-0.15, -0.1) is 0 Å². The van der Waals surface area contributed by atoms with Crippen molar-refractivity contribution in [1.29, 1.82) is 0 Å². The number of benzene rings is 3. The van der Waals surface area contributed by atoms with E-state index >= 15 is 0 Å². The molecule has 4 rings (SSSR count). The Labute approximate surface area is 172 Å². The van der Waals surface area contributed by atoms with Gasteiger partial charge in [0.25, 0.3) is 0 Å². The van der Waals surface area contributed by atoms with Crippen molar-refractivity contribution >= 4 is 23.1 Å². The Bertz CT molecular complexity index is 905. The maximum atomic E-state index is 12.1. The molecule has 2 N–H and O–H groups in total. The number of carbonyl (C=O) groups is 1. The van der Waals surface area contributed by atoms with Gasteiger partial charge in [-0.05, 0) is 42.0 Å². The zero-order chi connectivity index (χ0) is 19.9.